The van der Waals surface area contributed by atoms with Crippen molar-refractivity contribution < 1.29 is 22.8 Å². The number of anilines is 1. The predicted octanol–water partition coefficient (Wildman–Crippen LogP) is 3.81. The zero-order valence-corrected chi connectivity index (χ0v) is 15.1. The smallest absolute Gasteiger partial charge is 0.346 e. The molecule has 0 saturated heterocycles. The van der Waals surface area contributed by atoms with Crippen molar-refractivity contribution in [1.29, 1.82) is 0 Å². The first-order valence-corrected chi connectivity index (χ1v) is 8.19. The number of carbonyl (C=O) groups is 2. The molecule has 0 unspecified atom stereocenters. The Morgan fingerprint density at radius 2 is 1.74 bits per heavy atom. The standard InChI is InChI=1S/C19H20F3N3O2/c1-18(2,3)25-17(27)15-11-13(8-9-23-15)24-16(26)10-12-6-4-5-7-14(12)19(20,21)22/h4-9,11H,10H2,1-3H3,(H,25,27)(H,23,24,26). The largest absolute Gasteiger partial charge is 0.416 e. The minimum absolute atomic E-state index is 0.0958. The number of pyridine rings is 1. The monoisotopic (exact) mass is 379 g/mol. The van der Waals surface area contributed by atoms with Gasteiger partial charge in [-0.1, -0.05) is 18.2 Å². The lowest BCUT2D eigenvalue weighted by Crippen LogP contribution is -2.40. The van der Waals surface area contributed by atoms with Gasteiger partial charge in [0.2, 0.25) is 5.91 Å². The summed E-state index contributed by atoms with van der Waals surface area (Å²) >= 11 is 0. The van der Waals surface area contributed by atoms with Gasteiger partial charge in [0.05, 0.1) is 12.0 Å². The summed E-state index contributed by atoms with van der Waals surface area (Å²) in [7, 11) is 0. The molecule has 0 aliphatic carbocycles. The van der Waals surface area contributed by atoms with Crippen molar-refractivity contribution in [2.45, 2.75) is 38.9 Å². The molecule has 8 heteroatoms. The van der Waals surface area contributed by atoms with Gasteiger partial charge in [0, 0.05) is 17.4 Å². The van der Waals surface area contributed by atoms with E-state index in [2.05, 4.69) is 15.6 Å². The van der Waals surface area contributed by atoms with E-state index in [-0.39, 0.29) is 16.9 Å². The summed E-state index contributed by atoms with van der Waals surface area (Å²) in [5.74, 6) is -1.04. The second-order valence-electron chi connectivity index (χ2n) is 7.01. The van der Waals surface area contributed by atoms with Gasteiger partial charge < -0.3 is 10.6 Å². The van der Waals surface area contributed by atoms with Crippen LogP contribution in [0.2, 0.25) is 0 Å². The van der Waals surface area contributed by atoms with E-state index < -0.39 is 35.5 Å². The van der Waals surface area contributed by atoms with E-state index in [0.717, 1.165) is 6.07 Å². The summed E-state index contributed by atoms with van der Waals surface area (Å²) in [6.45, 7) is 5.44. The maximum Gasteiger partial charge on any atom is 0.416 e. The average Bonchev–Trinajstić information content (AvgIpc) is 2.53. The van der Waals surface area contributed by atoms with Crippen LogP contribution in [0, 0.1) is 0 Å². The minimum atomic E-state index is -4.54. The highest BCUT2D eigenvalue weighted by molar-refractivity contribution is 5.96. The predicted molar refractivity (Wildman–Crippen MR) is 95.2 cm³/mol. The van der Waals surface area contributed by atoms with Crippen molar-refractivity contribution in [3.05, 3.63) is 59.4 Å². The second-order valence-corrected chi connectivity index (χ2v) is 7.01. The molecule has 27 heavy (non-hydrogen) atoms. The molecule has 0 radical (unpaired) electrons. The van der Waals surface area contributed by atoms with Crippen molar-refractivity contribution in [3.63, 3.8) is 0 Å². The molecular formula is C19H20F3N3O2. The van der Waals surface area contributed by atoms with Crippen LogP contribution in [0.4, 0.5) is 18.9 Å². The minimum Gasteiger partial charge on any atom is -0.346 e. The maximum absolute atomic E-state index is 13.0. The molecular weight excluding hydrogens is 359 g/mol. The fraction of sp³-hybridized carbons (Fsp3) is 0.316. The van der Waals surface area contributed by atoms with Crippen LogP contribution in [0.1, 0.15) is 42.4 Å². The fourth-order valence-electron chi connectivity index (χ4n) is 2.37. The molecule has 2 amide bonds. The van der Waals surface area contributed by atoms with Gasteiger partial charge in [0.15, 0.2) is 0 Å². The van der Waals surface area contributed by atoms with E-state index in [1.54, 1.807) is 0 Å². The highest BCUT2D eigenvalue weighted by Gasteiger charge is 2.33. The van der Waals surface area contributed by atoms with E-state index in [9.17, 15) is 22.8 Å². The molecule has 0 spiro atoms. The molecule has 144 valence electrons. The molecule has 0 aliphatic rings. The molecule has 1 aromatic heterocycles. The fourth-order valence-corrected chi connectivity index (χ4v) is 2.37. The van der Waals surface area contributed by atoms with E-state index in [4.69, 9.17) is 0 Å². The van der Waals surface area contributed by atoms with Gasteiger partial charge in [-0.05, 0) is 44.5 Å². The van der Waals surface area contributed by atoms with E-state index >= 15 is 0 Å². The van der Waals surface area contributed by atoms with Gasteiger partial charge in [-0.25, -0.2) is 0 Å². The molecule has 2 aromatic rings. The lowest BCUT2D eigenvalue weighted by atomic mass is 10.0. The van der Waals surface area contributed by atoms with Crippen LogP contribution < -0.4 is 10.6 Å². The Kier molecular flexibility index (Phi) is 5.88. The van der Waals surface area contributed by atoms with Crippen molar-refractivity contribution in [1.82, 2.24) is 10.3 Å². The lowest BCUT2D eigenvalue weighted by Gasteiger charge is -2.20. The van der Waals surface area contributed by atoms with Crippen LogP contribution in [0.15, 0.2) is 42.6 Å². The topological polar surface area (TPSA) is 71.1 Å². The summed E-state index contributed by atoms with van der Waals surface area (Å²) in [5, 5.41) is 5.24. The molecule has 0 bridgehead atoms. The number of nitrogens with one attached hydrogen (secondary N) is 2. The van der Waals surface area contributed by atoms with E-state index in [0.29, 0.717) is 0 Å². The number of benzene rings is 1. The third-order valence-corrected chi connectivity index (χ3v) is 3.44. The van der Waals surface area contributed by atoms with Gasteiger partial charge in [-0.15, -0.1) is 0 Å². The Bertz CT molecular complexity index is 843. The van der Waals surface area contributed by atoms with Crippen molar-refractivity contribution in [2.24, 2.45) is 0 Å². The summed E-state index contributed by atoms with van der Waals surface area (Å²) in [6.07, 6.45) is -3.63. The molecule has 0 saturated carbocycles. The number of aromatic nitrogens is 1. The molecule has 2 N–H and O–H groups in total. The van der Waals surface area contributed by atoms with Crippen LogP contribution in [0.25, 0.3) is 0 Å². The number of alkyl halides is 3. The molecule has 0 fully saturated rings. The number of hydrogen-bond acceptors (Lipinski definition) is 3. The van der Waals surface area contributed by atoms with Gasteiger partial charge in [0.25, 0.3) is 5.91 Å². The second kappa shape index (κ2) is 7.77. The van der Waals surface area contributed by atoms with Gasteiger partial charge >= 0.3 is 6.18 Å². The Hall–Kier alpha value is -2.90. The van der Waals surface area contributed by atoms with Crippen LogP contribution in [0.3, 0.4) is 0 Å². The third-order valence-electron chi connectivity index (χ3n) is 3.44. The third kappa shape index (κ3) is 6.09. The van der Waals surface area contributed by atoms with Crippen molar-refractivity contribution in [3.8, 4) is 0 Å². The Morgan fingerprint density at radius 1 is 1.07 bits per heavy atom. The highest BCUT2D eigenvalue weighted by Crippen LogP contribution is 2.32. The first-order chi connectivity index (χ1) is 12.5. The number of rotatable bonds is 4. The Labute approximate surface area is 155 Å². The Balaban J connectivity index is 2.12. The number of nitrogens with zero attached hydrogens (tertiary/aromatic N) is 1. The van der Waals surface area contributed by atoms with E-state index in [1.807, 2.05) is 20.8 Å². The zero-order valence-electron chi connectivity index (χ0n) is 15.1. The van der Waals surface area contributed by atoms with Crippen molar-refractivity contribution in [2.75, 3.05) is 5.32 Å². The van der Waals surface area contributed by atoms with Crippen LogP contribution in [0.5, 0.6) is 0 Å². The highest BCUT2D eigenvalue weighted by atomic mass is 19.4. The molecule has 0 aliphatic heterocycles. The number of halogens is 3. The quantitative estimate of drug-likeness (QED) is 0.849. The van der Waals surface area contributed by atoms with Gasteiger partial charge in [-0.2, -0.15) is 13.2 Å². The van der Waals surface area contributed by atoms with Crippen LogP contribution in [-0.2, 0) is 17.4 Å². The van der Waals surface area contributed by atoms with Gasteiger partial charge in [0.1, 0.15) is 5.69 Å². The van der Waals surface area contributed by atoms with Crippen molar-refractivity contribution >= 4 is 17.5 Å². The molecule has 5 nitrogen and oxygen atoms in total. The normalized spacial score (nSPS) is 11.8. The number of hydrogen-bond donors (Lipinski definition) is 2. The summed E-state index contributed by atoms with van der Waals surface area (Å²) in [6, 6.07) is 7.74. The summed E-state index contributed by atoms with van der Waals surface area (Å²) in [5.41, 5.74) is -1.06. The van der Waals surface area contributed by atoms with Crippen LogP contribution in [-0.4, -0.2) is 22.3 Å². The summed E-state index contributed by atoms with van der Waals surface area (Å²) < 4.78 is 39.1. The first kappa shape index (κ1) is 20.4. The molecule has 2 rings (SSSR count). The Morgan fingerprint density at radius 3 is 2.37 bits per heavy atom. The lowest BCUT2D eigenvalue weighted by molar-refractivity contribution is -0.138. The van der Waals surface area contributed by atoms with E-state index in [1.165, 1.54) is 36.5 Å². The first-order valence-electron chi connectivity index (χ1n) is 8.19. The molecule has 1 aromatic carbocycles. The van der Waals surface area contributed by atoms with Gasteiger partial charge in [-0.3, -0.25) is 14.6 Å². The number of carbonyl (C=O) groups excluding carboxylic acids is 2. The SMILES string of the molecule is CC(C)(C)NC(=O)c1cc(NC(=O)Cc2ccccc2C(F)(F)F)ccn1. The number of amides is 2. The molecule has 0 atom stereocenters. The average molecular weight is 379 g/mol. The van der Waals surface area contributed by atoms with Crippen LogP contribution >= 0.6 is 0 Å². The maximum atomic E-state index is 13.0. The molecule has 1 heterocycles. The summed E-state index contributed by atoms with van der Waals surface area (Å²) in [4.78, 5) is 28.3. The zero-order chi connectivity index (χ0) is 20.2.